The van der Waals surface area contributed by atoms with Crippen molar-refractivity contribution in [3.63, 3.8) is 0 Å². The lowest BCUT2D eigenvalue weighted by molar-refractivity contribution is -0.106. The molecule has 0 N–H and O–H groups in total. The summed E-state index contributed by atoms with van der Waals surface area (Å²) >= 11 is 0. The number of nitriles is 1. The van der Waals surface area contributed by atoms with Crippen molar-refractivity contribution < 1.29 is 9.47 Å². The molecule has 0 aliphatic heterocycles. The van der Waals surface area contributed by atoms with Crippen molar-refractivity contribution in [3.8, 4) is 6.07 Å². The minimum Gasteiger partial charge on any atom is -0.352 e. The first-order valence-corrected chi connectivity index (χ1v) is 6.62. The molecule has 0 amide bonds. The molecule has 2 aromatic carbocycles. The summed E-state index contributed by atoms with van der Waals surface area (Å²) in [6.45, 7) is 0. The van der Waals surface area contributed by atoms with Crippen LogP contribution >= 0.6 is 0 Å². The Morgan fingerprint density at radius 3 is 2.24 bits per heavy atom. The van der Waals surface area contributed by atoms with E-state index in [2.05, 4.69) is 6.07 Å². The number of ether oxygens (including phenoxy) is 2. The maximum atomic E-state index is 9.11. The van der Waals surface area contributed by atoms with E-state index in [1.807, 2.05) is 54.6 Å². The molecule has 0 aliphatic rings. The van der Waals surface area contributed by atoms with Gasteiger partial charge < -0.3 is 9.47 Å². The summed E-state index contributed by atoms with van der Waals surface area (Å²) in [7, 11) is 3.20. The van der Waals surface area contributed by atoms with Crippen LogP contribution in [0.2, 0.25) is 0 Å². The summed E-state index contributed by atoms with van der Waals surface area (Å²) in [6, 6.07) is 19.7. The van der Waals surface area contributed by atoms with Gasteiger partial charge in [-0.1, -0.05) is 54.6 Å². The molecule has 0 atom stereocenters. The fourth-order valence-corrected chi connectivity index (χ4v) is 2.30. The van der Waals surface area contributed by atoms with E-state index in [-0.39, 0.29) is 0 Å². The highest BCUT2D eigenvalue weighted by Crippen LogP contribution is 2.31. The number of hydrogen-bond donors (Lipinski definition) is 0. The average Bonchev–Trinajstić information content (AvgIpc) is 2.55. The number of hydrogen-bond acceptors (Lipinski definition) is 3. The Bertz CT molecular complexity index is 652. The summed E-state index contributed by atoms with van der Waals surface area (Å²) in [4.78, 5) is 0. The quantitative estimate of drug-likeness (QED) is 0.615. The molecule has 106 valence electrons. The molecule has 0 fully saturated rings. The number of allylic oxidation sites excluding steroid dienone is 1. The molecular formula is C18H17NO2. The van der Waals surface area contributed by atoms with Gasteiger partial charge in [-0.25, -0.2) is 0 Å². The highest BCUT2D eigenvalue weighted by molar-refractivity contribution is 5.82. The monoisotopic (exact) mass is 279 g/mol. The standard InChI is InChI=1S/C18H17NO2/c1-20-18(21-2)17-11-7-6-10-16(17)15(12-13-19)14-8-4-3-5-9-14/h3-12,18H,1-2H3/b15-12-. The van der Waals surface area contributed by atoms with Crippen LogP contribution < -0.4 is 0 Å². The van der Waals surface area contributed by atoms with Gasteiger partial charge in [0.2, 0.25) is 0 Å². The molecule has 0 radical (unpaired) electrons. The van der Waals surface area contributed by atoms with E-state index < -0.39 is 6.29 Å². The third-order valence-electron chi connectivity index (χ3n) is 3.23. The SMILES string of the molecule is COC(OC)c1ccccc1/C(=C\C#N)c1ccccc1. The second kappa shape index (κ2) is 7.39. The highest BCUT2D eigenvalue weighted by atomic mass is 16.7. The summed E-state index contributed by atoms with van der Waals surface area (Å²) in [5, 5.41) is 9.11. The first kappa shape index (κ1) is 15.0. The van der Waals surface area contributed by atoms with E-state index >= 15 is 0 Å². The van der Waals surface area contributed by atoms with E-state index in [1.165, 1.54) is 0 Å². The van der Waals surface area contributed by atoms with Crippen LogP contribution in [0.25, 0.3) is 5.57 Å². The van der Waals surface area contributed by atoms with Crippen molar-refractivity contribution in [2.75, 3.05) is 14.2 Å². The Balaban J connectivity index is 2.58. The fraction of sp³-hybridized carbons (Fsp3) is 0.167. The van der Waals surface area contributed by atoms with Crippen LogP contribution in [0, 0.1) is 11.3 Å². The van der Waals surface area contributed by atoms with E-state index in [4.69, 9.17) is 14.7 Å². The number of methoxy groups -OCH3 is 2. The third-order valence-corrected chi connectivity index (χ3v) is 3.23. The molecule has 0 aromatic heterocycles. The Hall–Kier alpha value is -2.41. The van der Waals surface area contributed by atoms with Crippen LogP contribution in [0.1, 0.15) is 23.0 Å². The van der Waals surface area contributed by atoms with Gasteiger partial charge in [-0.05, 0) is 16.7 Å². The lowest BCUT2D eigenvalue weighted by Gasteiger charge is -2.19. The molecule has 0 bridgehead atoms. The first-order chi connectivity index (χ1) is 10.3. The molecule has 2 aromatic rings. The maximum absolute atomic E-state index is 9.11. The van der Waals surface area contributed by atoms with Crippen LogP contribution in [-0.4, -0.2) is 14.2 Å². The molecule has 0 saturated heterocycles. The largest absolute Gasteiger partial charge is 0.352 e. The minimum atomic E-state index is -0.466. The molecular weight excluding hydrogens is 262 g/mol. The zero-order chi connectivity index (χ0) is 15.1. The van der Waals surface area contributed by atoms with Gasteiger partial charge in [0.15, 0.2) is 6.29 Å². The van der Waals surface area contributed by atoms with Gasteiger partial charge in [0.05, 0.1) is 6.07 Å². The van der Waals surface area contributed by atoms with E-state index in [0.717, 1.165) is 22.3 Å². The molecule has 0 spiro atoms. The second-order valence-corrected chi connectivity index (χ2v) is 4.44. The molecule has 0 saturated carbocycles. The van der Waals surface area contributed by atoms with Crippen molar-refractivity contribution in [1.82, 2.24) is 0 Å². The normalized spacial score (nSPS) is 11.4. The highest BCUT2D eigenvalue weighted by Gasteiger charge is 2.16. The van der Waals surface area contributed by atoms with Crippen LogP contribution in [0.15, 0.2) is 60.7 Å². The average molecular weight is 279 g/mol. The third kappa shape index (κ3) is 3.38. The van der Waals surface area contributed by atoms with Gasteiger partial charge in [0, 0.05) is 25.9 Å². The lowest BCUT2D eigenvalue weighted by Crippen LogP contribution is -2.07. The number of rotatable bonds is 5. The fourth-order valence-electron chi connectivity index (χ4n) is 2.30. The molecule has 3 heteroatoms. The zero-order valence-corrected chi connectivity index (χ0v) is 12.1. The van der Waals surface area contributed by atoms with E-state index in [0.29, 0.717) is 0 Å². The van der Waals surface area contributed by atoms with Gasteiger partial charge in [-0.3, -0.25) is 0 Å². The molecule has 21 heavy (non-hydrogen) atoms. The Kier molecular flexibility index (Phi) is 5.28. The minimum absolute atomic E-state index is 0.466. The zero-order valence-electron chi connectivity index (χ0n) is 12.1. The molecule has 0 aliphatic carbocycles. The summed E-state index contributed by atoms with van der Waals surface area (Å²) < 4.78 is 10.7. The number of benzene rings is 2. The molecule has 2 rings (SSSR count). The van der Waals surface area contributed by atoms with Gasteiger partial charge in [0.25, 0.3) is 0 Å². The lowest BCUT2D eigenvalue weighted by atomic mass is 9.93. The van der Waals surface area contributed by atoms with Crippen LogP contribution in [-0.2, 0) is 9.47 Å². The van der Waals surface area contributed by atoms with E-state index in [9.17, 15) is 0 Å². The van der Waals surface area contributed by atoms with Crippen LogP contribution in [0.4, 0.5) is 0 Å². The van der Waals surface area contributed by atoms with Crippen molar-refractivity contribution in [2.45, 2.75) is 6.29 Å². The Morgan fingerprint density at radius 1 is 1.00 bits per heavy atom. The summed E-state index contributed by atoms with van der Waals surface area (Å²) in [5.74, 6) is 0. The summed E-state index contributed by atoms with van der Waals surface area (Å²) in [6.07, 6.45) is 1.09. The Labute approximate surface area is 125 Å². The first-order valence-electron chi connectivity index (χ1n) is 6.62. The predicted molar refractivity (Wildman–Crippen MR) is 82.3 cm³/mol. The van der Waals surface area contributed by atoms with E-state index in [1.54, 1.807) is 20.3 Å². The van der Waals surface area contributed by atoms with Crippen molar-refractivity contribution in [3.05, 3.63) is 77.4 Å². The van der Waals surface area contributed by atoms with Gasteiger partial charge in [-0.15, -0.1) is 0 Å². The molecule has 0 heterocycles. The smallest absolute Gasteiger partial charge is 0.183 e. The van der Waals surface area contributed by atoms with Crippen molar-refractivity contribution in [2.24, 2.45) is 0 Å². The maximum Gasteiger partial charge on any atom is 0.183 e. The molecule has 0 unspecified atom stereocenters. The second-order valence-electron chi connectivity index (χ2n) is 4.44. The summed E-state index contributed by atoms with van der Waals surface area (Å²) in [5.41, 5.74) is 3.66. The molecule has 3 nitrogen and oxygen atoms in total. The Morgan fingerprint density at radius 2 is 1.62 bits per heavy atom. The van der Waals surface area contributed by atoms with Crippen molar-refractivity contribution >= 4 is 5.57 Å². The van der Waals surface area contributed by atoms with Gasteiger partial charge in [-0.2, -0.15) is 5.26 Å². The van der Waals surface area contributed by atoms with Gasteiger partial charge >= 0.3 is 0 Å². The predicted octanol–water partition coefficient (Wildman–Crippen LogP) is 3.93. The van der Waals surface area contributed by atoms with Gasteiger partial charge in [0.1, 0.15) is 0 Å². The van der Waals surface area contributed by atoms with Crippen LogP contribution in [0.3, 0.4) is 0 Å². The van der Waals surface area contributed by atoms with Crippen molar-refractivity contribution in [1.29, 1.82) is 5.26 Å². The van der Waals surface area contributed by atoms with Crippen LogP contribution in [0.5, 0.6) is 0 Å². The number of nitrogens with zero attached hydrogens (tertiary/aromatic N) is 1. The topological polar surface area (TPSA) is 42.2 Å².